The van der Waals surface area contributed by atoms with Gasteiger partial charge in [-0.05, 0) is 37.1 Å². The van der Waals surface area contributed by atoms with Crippen LogP contribution in [0.3, 0.4) is 0 Å². The standard InChI is InChI=1S/C21H27N3O4S/c25-19(5-3-1-2-4-11-23-12-10-22-16-23)24-13-14-29-20(24)15-28-18-8-6-17(7-9-18)21(26)27/h6-10,12,16,20H,1-5,11,13-15H2,(H,26,27). The summed E-state index contributed by atoms with van der Waals surface area (Å²) in [6.07, 6.45) is 10.3. The van der Waals surface area contributed by atoms with Crippen LogP contribution in [0.1, 0.15) is 42.5 Å². The van der Waals surface area contributed by atoms with Crippen molar-refractivity contribution in [2.24, 2.45) is 0 Å². The molecule has 2 heterocycles. The lowest BCUT2D eigenvalue weighted by atomic mass is 10.1. The lowest BCUT2D eigenvalue weighted by Crippen LogP contribution is -2.37. The Hall–Kier alpha value is -2.48. The number of hydrogen-bond donors (Lipinski definition) is 1. The molecule has 1 aromatic heterocycles. The molecule has 156 valence electrons. The Morgan fingerprint density at radius 1 is 1.17 bits per heavy atom. The number of rotatable bonds is 11. The molecule has 1 saturated heterocycles. The van der Waals surface area contributed by atoms with Crippen LogP contribution in [0.4, 0.5) is 0 Å². The van der Waals surface area contributed by atoms with Crippen molar-refractivity contribution in [3.05, 3.63) is 48.5 Å². The quantitative estimate of drug-likeness (QED) is 0.563. The van der Waals surface area contributed by atoms with Crippen LogP contribution in [0.5, 0.6) is 5.75 Å². The van der Waals surface area contributed by atoms with Crippen LogP contribution in [0.15, 0.2) is 43.0 Å². The third-order valence-electron chi connectivity index (χ3n) is 4.92. The average Bonchev–Trinajstić information content (AvgIpc) is 3.41. The minimum Gasteiger partial charge on any atom is -0.491 e. The van der Waals surface area contributed by atoms with Crippen molar-refractivity contribution in [2.45, 2.75) is 44.0 Å². The molecule has 1 atom stereocenters. The van der Waals surface area contributed by atoms with Crippen molar-refractivity contribution in [3.8, 4) is 5.75 Å². The molecule has 0 saturated carbocycles. The molecule has 0 spiro atoms. The Morgan fingerprint density at radius 2 is 1.97 bits per heavy atom. The molecule has 0 bridgehead atoms. The van der Waals surface area contributed by atoms with Gasteiger partial charge in [0, 0.05) is 37.7 Å². The second kappa shape index (κ2) is 10.9. The first-order valence-electron chi connectivity index (χ1n) is 9.96. The largest absolute Gasteiger partial charge is 0.491 e. The van der Waals surface area contributed by atoms with Crippen molar-refractivity contribution in [2.75, 3.05) is 18.9 Å². The number of nitrogens with zero attached hydrogens (tertiary/aromatic N) is 3. The Balaban J connectivity index is 1.34. The number of amides is 1. The van der Waals surface area contributed by atoms with Crippen LogP contribution in [-0.2, 0) is 11.3 Å². The monoisotopic (exact) mass is 417 g/mol. The Kier molecular flexibility index (Phi) is 7.98. The smallest absolute Gasteiger partial charge is 0.335 e. The number of thioether (sulfide) groups is 1. The van der Waals surface area contributed by atoms with E-state index in [0.717, 1.165) is 44.5 Å². The van der Waals surface area contributed by atoms with Crippen molar-refractivity contribution in [3.63, 3.8) is 0 Å². The normalized spacial score (nSPS) is 16.1. The van der Waals surface area contributed by atoms with Gasteiger partial charge in [0.05, 0.1) is 11.9 Å². The topological polar surface area (TPSA) is 84.7 Å². The van der Waals surface area contributed by atoms with E-state index in [1.807, 2.05) is 17.4 Å². The molecule has 2 aromatic rings. The van der Waals surface area contributed by atoms with Gasteiger partial charge in [-0.2, -0.15) is 0 Å². The van der Waals surface area contributed by atoms with Gasteiger partial charge in [-0.15, -0.1) is 11.8 Å². The van der Waals surface area contributed by atoms with E-state index >= 15 is 0 Å². The number of aromatic nitrogens is 2. The summed E-state index contributed by atoms with van der Waals surface area (Å²) >= 11 is 1.73. The number of aromatic carboxylic acids is 1. The lowest BCUT2D eigenvalue weighted by Gasteiger charge is -2.24. The van der Waals surface area contributed by atoms with Gasteiger partial charge in [0.2, 0.25) is 5.91 Å². The van der Waals surface area contributed by atoms with Crippen LogP contribution in [0, 0.1) is 0 Å². The van der Waals surface area contributed by atoms with Gasteiger partial charge in [-0.3, -0.25) is 4.79 Å². The fraction of sp³-hybridized carbons (Fsp3) is 0.476. The highest BCUT2D eigenvalue weighted by molar-refractivity contribution is 8.00. The summed E-state index contributed by atoms with van der Waals surface area (Å²) in [6.45, 7) is 2.15. The Labute approximate surface area is 175 Å². The molecule has 1 aliphatic heterocycles. The van der Waals surface area contributed by atoms with E-state index < -0.39 is 5.97 Å². The molecule has 1 amide bonds. The number of carbonyl (C=O) groups is 2. The van der Waals surface area contributed by atoms with Crippen LogP contribution in [0.25, 0.3) is 0 Å². The summed E-state index contributed by atoms with van der Waals surface area (Å²) in [4.78, 5) is 29.4. The van der Waals surface area contributed by atoms with E-state index in [0.29, 0.717) is 18.8 Å². The number of imidazole rings is 1. The van der Waals surface area contributed by atoms with E-state index in [9.17, 15) is 9.59 Å². The number of unbranched alkanes of at least 4 members (excludes halogenated alkanes) is 3. The van der Waals surface area contributed by atoms with Gasteiger partial charge >= 0.3 is 5.97 Å². The van der Waals surface area contributed by atoms with Crippen molar-refractivity contribution in [1.29, 1.82) is 0 Å². The zero-order valence-electron chi connectivity index (χ0n) is 16.4. The molecule has 1 N–H and O–H groups in total. The summed E-state index contributed by atoms with van der Waals surface area (Å²) in [7, 11) is 0. The van der Waals surface area contributed by atoms with Crippen LogP contribution < -0.4 is 4.74 Å². The number of hydrogen-bond acceptors (Lipinski definition) is 5. The maximum atomic E-state index is 12.6. The van der Waals surface area contributed by atoms with E-state index in [4.69, 9.17) is 9.84 Å². The van der Waals surface area contributed by atoms with Crippen LogP contribution in [0.2, 0.25) is 0 Å². The number of carboxylic acids is 1. The summed E-state index contributed by atoms with van der Waals surface area (Å²) in [5, 5.41) is 8.96. The molecule has 8 heteroatoms. The van der Waals surface area contributed by atoms with Gasteiger partial charge < -0.3 is 19.3 Å². The van der Waals surface area contributed by atoms with E-state index in [1.165, 1.54) is 12.1 Å². The molecule has 29 heavy (non-hydrogen) atoms. The second-order valence-electron chi connectivity index (χ2n) is 7.02. The number of carboxylic acid groups (broad SMARTS) is 1. The van der Waals surface area contributed by atoms with Crippen LogP contribution >= 0.6 is 11.8 Å². The fourth-order valence-corrected chi connectivity index (χ4v) is 4.43. The summed E-state index contributed by atoms with van der Waals surface area (Å²) in [5.41, 5.74) is 0.231. The number of carbonyl (C=O) groups excluding carboxylic acids is 1. The zero-order valence-corrected chi connectivity index (χ0v) is 17.2. The molecular weight excluding hydrogens is 390 g/mol. The highest BCUT2D eigenvalue weighted by Crippen LogP contribution is 2.26. The first kappa shape index (κ1) is 21.2. The van der Waals surface area contributed by atoms with Crippen molar-refractivity contribution in [1.82, 2.24) is 14.5 Å². The maximum Gasteiger partial charge on any atom is 0.335 e. The van der Waals surface area contributed by atoms with Gasteiger partial charge in [0.25, 0.3) is 0 Å². The second-order valence-corrected chi connectivity index (χ2v) is 8.30. The number of aryl methyl sites for hydroxylation is 1. The highest BCUT2D eigenvalue weighted by atomic mass is 32.2. The van der Waals surface area contributed by atoms with Gasteiger partial charge in [-0.25, -0.2) is 9.78 Å². The number of benzene rings is 1. The summed E-state index contributed by atoms with van der Waals surface area (Å²) in [6, 6.07) is 6.35. The van der Waals surface area contributed by atoms with Crippen molar-refractivity contribution < 1.29 is 19.4 Å². The van der Waals surface area contributed by atoms with E-state index in [-0.39, 0.29) is 16.8 Å². The average molecular weight is 418 g/mol. The molecule has 1 fully saturated rings. The Bertz CT molecular complexity index is 780. The minimum absolute atomic E-state index is 0.0166. The Morgan fingerprint density at radius 3 is 2.69 bits per heavy atom. The fourth-order valence-electron chi connectivity index (χ4n) is 3.29. The summed E-state index contributed by atoms with van der Waals surface area (Å²) in [5.74, 6) is 0.774. The summed E-state index contributed by atoms with van der Waals surface area (Å²) < 4.78 is 7.86. The molecule has 1 unspecified atom stereocenters. The van der Waals surface area contributed by atoms with Crippen molar-refractivity contribution >= 4 is 23.6 Å². The molecule has 1 aliphatic rings. The molecule has 7 nitrogen and oxygen atoms in total. The SMILES string of the molecule is O=C(O)c1ccc(OCC2SCCN2C(=O)CCCCCCn2ccnc2)cc1. The van der Waals surface area contributed by atoms with E-state index in [1.54, 1.807) is 30.1 Å². The molecule has 1 aromatic carbocycles. The predicted molar refractivity (Wildman–Crippen MR) is 112 cm³/mol. The molecule has 0 radical (unpaired) electrons. The molecule has 0 aliphatic carbocycles. The number of ether oxygens (including phenoxy) is 1. The first-order chi connectivity index (χ1) is 14.1. The van der Waals surface area contributed by atoms with Crippen LogP contribution in [-0.4, -0.2) is 55.7 Å². The van der Waals surface area contributed by atoms with Gasteiger partial charge in [-0.1, -0.05) is 12.8 Å². The molecular formula is C21H27N3O4S. The maximum absolute atomic E-state index is 12.6. The predicted octanol–water partition coefficient (Wildman–Crippen LogP) is 3.51. The van der Waals surface area contributed by atoms with Gasteiger partial charge in [0.1, 0.15) is 17.7 Å². The third-order valence-corrected chi connectivity index (χ3v) is 6.11. The van der Waals surface area contributed by atoms with Gasteiger partial charge in [0.15, 0.2) is 0 Å². The zero-order chi connectivity index (χ0) is 20.5. The molecule has 3 rings (SSSR count). The third kappa shape index (κ3) is 6.52. The first-order valence-corrected chi connectivity index (χ1v) is 11.0. The minimum atomic E-state index is -0.957. The lowest BCUT2D eigenvalue weighted by molar-refractivity contribution is -0.131. The highest BCUT2D eigenvalue weighted by Gasteiger charge is 2.29. The van der Waals surface area contributed by atoms with E-state index in [2.05, 4.69) is 9.55 Å².